The summed E-state index contributed by atoms with van der Waals surface area (Å²) < 4.78 is 5.45. The number of hydrogen-bond donors (Lipinski definition) is 1. The molecule has 5 nitrogen and oxygen atoms in total. The van der Waals surface area contributed by atoms with Gasteiger partial charge in [0.05, 0.1) is 5.56 Å². The van der Waals surface area contributed by atoms with Crippen molar-refractivity contribution in [2.24, 2.45) is 5.92 Å². The zero-order valence-corrected chi connectivity index (χ0v) is 16.0. The average molecular weight is 381 g/mol. The molecular formula is C23H27NO4. The number of benzene rings is 2. The van der Waals surface area contributed by atoms with Crippen LogP contribution in [-0.4, -0.2) is 41.6 Å². The molecule has 1 aliphatic heterocycles. The van der Waals surface area contributed by atoms with Crippen LogP contribution in [0.5, 0.6) is 0 Å². The first-order chi connectivity index (χ1) is 13.6. The Morgan fingerprint density at radius 2 is 1.64 bits per heavy atom. The lowest BCUT2D eigenvalue weighted by atomic mass is 9.99. The van der Waals surface area contributed by atoms with Crippen molar-refractivity contribution in [3.8, 4) is 0 Å². The van der Waals surface area contributed by atoms with Crippen molar-refractivity contribution in [2.45, 2.75) is 32.2 Å². The van der Waals surface area contributed by atoms with Crippen molar-refractivity contribution in [1.29, 1.82) is 0 Å². The molecule has 1 fully saturated rings. The minimum atomic E-state index is -0.937. The molecule has 2 aromatic carbocycles. The fraction of sp³-hybridized carbons (Fsp3) is 0.391. The van der Waals surface area contributed by atoms with E-state index in [1.165, 1.54) is 0 Å². The summed E-state index contributed by atoms with van der Waals surface area (Å²) in [6.45, 7) is 2.92. The van der Waals surface area contributed by atoms with Gasteiger partial charge < -0.3 is 14.7 Å². The van der Waals surface area contributed by atoms with Crippen LogP contribution >= 0.6 is 0 Å². The summed E-state index contributed by atoms with van der Waals surface area (Å²) in [7, 11) is 0. The van der Waals surface area contributed by atoms with Gasteiger partial charge in [-0.3, -0.25) is 4.79 Å². The van der Waals surface area contributed by atoms with Crippen LogP contribution in [0.3, 0.4) is 0 Å². The molecule has 0 bridgehead atoms. The minimum Gasteiger partial charge on any atom is -0.478 e. The number of rotatable bonds is 8. The molecule has 0 aromatic heterocycles. The monoisotopic (exact) mass is 381 g/mol. The second kappa shape index (κ2) is 10.0. The van der Waals surface area contributed by atoms with Gasteiger partial charge in [-0.05, 0) is 48.4 Å². The maximum atomic E-state index is 13.0. The van der Waals surface area contributed by atoms with Gasteiger partial charge in [0.1, 0.15) is 0 Å². The van der Waals surface area contributed by atoms with Gasteiger partial charge in [0.25, 0.3) is 0 Å². The standard InChI is InChI=1S/C23H27NO4/c25-22(11-8-18-6-9-21(10-7-18)23(26)27)24(16-19-4-2-1-3-5-19)17-20-12-14-28-15-13-20/h1-7,9-10,20H,8,11-17H2,(H,26,27). The number of carboxylic acids is 1. The fourth-order valence-electron chi connectivity index (χ4n) is 3.52. The summed E-state index contributed by atoms with van der Waals surface area (Å²) in [4.78, 5) is 25.9. The number of ether oxygens (including phenoxy) is 1. The number of amides is 1. The predicted molar refractivity (Wildman–Crippen MR) is 107 cm³/mol. The molecule has 0 aliphatic carbocycles. The molecule has 0 atom stereocenters. The Balaban J connectivity index is 1.62. The zero-order chi connectivity index (χ0) is 19.8. The molecule has 1 saturated heterocycles. The van der Waals surface area contributed by atoms with E-state index >= 15 is 0 Å². The molecule has 148 valence electrons. The molecule has 0 unspecified atom stereocenters. The van der Waals surface area contributed by atoms with E-state index in [2.05, 4.69) is 12.1 Å². The Hall–Kier alpha value is -2.66. The first kappa shape index (κ1) is 20.1. The molecule has 1 heterocycles. The molecule has 1 aliphatic rings. The lowest BCUT2D eigenvalue weighted by Crippen LogP contribution is -2.36. The van der Waals surface area contributed by atoms with E-state index in [9.17, 15) is 9.59 Å². The number of aromatic carboxylic acids is 1. The summed E-state index contributed by atoms with van der Waals surface area (Å²) in [5.41, 5.74) is 2.37. The fourth-order valence-corrected chi connectivity index (χ4v) is 3.52. The van der Waals surface area contributed by atoms with Gasteiger partial charge in [-0.15, -0.1) is 0 Å². The predicted octanol–water partition coefficient (Wildman–Crippen LogP) is 3.77. The van der Waals surface area contributed by atoms with E-state index in [1.807, 2.05) is 23.1 Å². The van der Waals surface area contributed by atoms with E-state index in [0.717, 1.165) is 43.7 Å². The highest BCUT2D eigenvalue weighted by atomic mass is 16.5. The molecule has 3 rings (SSSR count). The summed E-state index contributed by atoms with van der Waals surface area (Å²) in [5.74, 6) is -0.318. The van der Waals surface area contributed by atoms with Crippen molar-refractivity contribution < 1.29 is 19.4 Å². The SMILES string of the molecule is O=C(O)c1ccc(CCC(=O)N(Cc2ccccc2)CC2CCOCC2)cc1. The quantitative estimate of drug-likeness (QED) is 0.756. The van der Waals surface area contributed by atoms with Gasteiger partial charge in [-0.2, -0.15) is 0 Å². The first-order valence-corrected chi connectivity index (χ1v) is 9.83. The maximum absolute atomic E-state index is 13.0. The Kier molecular flexibility index (Phi) is 7.20. The molecule has 28 heavy (non-hydrogen) atoms. The highest BCUT2D eigenvalue weighted by Crippen LogP contribution is 2.19. The van der Waals surface area contributed by atoms with E-state index in [1.54, 1.807) is 24.3 Å². The minimum absolute atomic E-state index is 0.137. The number of carbonyl (C=O) groups excluding carboxylic acids is 1. The van der Waals surface area contributed by atoms with E-state index in [4.69, 9.17) is 9.84 Å². The Labute approximate surface area is 165 Å². The second-order valence-corrected chi connectivity index (χ2v) is 7.32. The summed E-state index contributed by atoms with van der Waals surface area (Å²) in [6.07, 6.45) is 3.02. The van der Waals surface area contributed by atoms with Crippen molar-refractivity contribution in [1.82, 2.24) is 4.90 Å². The second-order valence-electron chi connectivity index (χ2n) is 7.32. The highest BCUT2D eigenvalue weighted by molar-refractivity contribution is 5.87. The van der Waals surface area contributed by atoms with Gasteiger partial charge in [-0.25, -0.2) is 4.79 Å². The number of carbonyl (C=O) groups is 2. The normalized spacial score (nSPS) is 14.6. The molecule has 5 heteroatoms. The van der Waals surface area contributed by atoms with E-state index in [0.29, 0.717) is 25.3 Å². The first-order valence-electron chi connectivity index (χ1n) is 9.83. The molecule has 0 spiro atoms. The summed E-state index contributed by atoms with van der Waals surface area (Å²) in [6, 6.07) is 16.8. The molecule has 2 aromatic rings. The number of nitrogens with zero attached hydrogens (tertiary/aromatic N) is 1. The van der Waals surface area contributed by atoms with E-state index in [-0.39, 0.29) is 11.5 Å². The zero-order valence-electron chi connectivity index (χ0n) is 16.0. The Morgan fingerprint density at radius 1 is 0.964 bits per heavy atom. The van der Waals surface area contributed by atoms with E-state index < -0.39 is 5.97 Å². The van der Waals surface area contributed by atoms with Gasteiger partial charge in [0.2, 0.25) is 5.91 Å². The molecule has 1 amide bonds. The third-order valence-electron chi connectivity index (χ3n) is 5.22. The molecule has 1 N–H and O–H groups in total. The van der Waals surface area contributed by atoms with Gasteiger partial charge in [0.15, 0.2) is 0 Å². The van der Waals surface area contributed by atoms with Crippen LogP contribution in [0.15, 0.2) is 54.6 Å². The molecular weight excluding hydrogens is 354 g/mol. The van der Waals surface area contributed by atoms with Crippen LogP contribution in [-0.2, 0) is 22.5 Å². The Morgan fingerprint density at radius 3 is 2.29 bits per heavy atom. The van der Waals surface area contributed by atoms with Gasteiger partial charge in [-0.1, -0.05) is 42.5 Å². The van der Waals surface area contributed by atoms with Crippen LogP contribution in [0, 0.1) is 5.92 Å². The van der Waals surface area contributed by atoms with Crippen LogP contribution in [0.25, 0.3) is 0 Å². The average Bonchev–Trinajstić information content (AvgIpc) is 2.73. The number of hydrogen-bond acceptors (Lipinski definition) is 3. The van der Waals surface area contributed by atoms with Gasteiger partial charge in [0, 0.05) is 32.7 Å². The third-order valence-corrected chi connectivity index (χ3v) is 5.22. The van der Waals surface area contributed by atoms with Crippen LogP contribution in [0.2, 0.25) is 0 Å². The summed E-state index contributed by atoms with van der Waals surface area (Å²) >= 11 is 0. The topological polar surface area (TPSA) is 66.8 Å². The van der Waals surface area contributed by atoms with Crippen molar-refractivity contribution >= 4 is 11.9 Å². The maximum Gasteiger partial charge on any atom is 0.335 e. The van der Waals surface area contributed by atoms with Crippen molar-refractivity contribution in [3.05, 3.63) is 71.3 Å². The van der Waals surface area contributed by atoms with Gasteiger partial charge >= 0.3 is 5.97 Å². The van der Waals surface area contributed by atoms with Crippen LogP contribution < -0.4 is 0 Å². The number of aryl methyl sites for hydroxylation is 1. The van der Waals surface area contributed by atoms with Crippen molar-refractivity contribution in [2.75, 3.05) is 19.8 Å². The highest BCUT2D eigenvalue weighted by Gasteiger charge is 2.21. The largest absolute Gasteiger partial charge is 0.478 e. The van der Waals surface area contributed by atoms with Crippen molar-refractivity contribution in [3.63, 3.8) is 0 Å². The smallest absolute Gasteiger partial charge is 0.335 e. The summed E-state index contributed by atoms with van der Waals surface area (Å²) in [5, 5.41) is 8.99. The number of carboxylic acid groups (broad SMARTS) is 1. The van der Waals surface area contributed by atoms with Crippen LogP contribution in [0.4, 0.5) is 0 Å². The molecule has 0 saturated carbocycles. The van der Waals surface area contributed by atoms with Crippen LogP contribution in [0.1, 0.15) is 40.7 Å². The lowest BCUT2D eigenvalue weighted by molar-refractivity contribution is -0.133. The lowest BCUT2D eigenvalue weighted by Gasteiger charge is -2.30. The Bertz CT molecular complexity index is 767. The molecule has 0 radical (unpaired) electrons. The third kappa shape index (κ3) is 5.92.